The Kier molecular flexibility index (Phi) is 3.98. The molecule has 0 unspecified atom stereocenters. The fraction of sp³-hybridized carbons (Fsp3) is 0.0526. The van der Waals surface area contributed by atoms with Crippen LogP contribution in [0.25, 0.3) is 5.69 Å². The van der Waals surface area contributed by atoms with Gasteiger partial charge in [0.15, 0.2) is 11.4 Å². The molecule has 0 spiro atoms. The summed E-state index contributed by atoms with van der Waals surface area (Å²) in [6, 6.07) is 12.9. The van der Waals surface area contributed by atoms with Gasteiger partial charge in [0, 0.05) is 16.1 Å². The number of fused-ring (bicyclic) bond motifs is 3. The maximum absolute atomic E-state index is 14.4. The highest BCUT2D eigenvalue weighted by Crippen LogP contribution is 2.30. The molecule has 1 aliphatic rings. The summed E-state index contributed by atoms with van der Waals surface area (Å²) in [5, 5.41) is 19.3. The minimum Gasteiger partial charge on any atom is -0.476 e. The van der Waals surface area contributed by atoms with Gasteiger partial charge in [0.1, 0.15) is 17.7 Å². The van der Waals surface area contributed by atoms with Crippen molar-refractivity contribution >= 4 is 23.3 Å². The van der Waals surface area contributed by atoms with Crippen molar-refractivity contribution in [3.05, 3.63) is 81.6 Å². The molecule has 0 saturated carbocycles. The average molecular weight is 381 g/mol. The summed E-state index contributed by atoms with van der Waals surface area (Å²) in [6.07, 6.45) is 0. The number of nitrogens with zero attached hydrogens (tertiary/aromatic N) is 4. The number of nitriles is 1. The Morgan fingerprint density at radius 1 is 1.26 bits per heavy atom. The van der Waals surface area contributed by atoms with Gasteiger partial charge in [-0.25, -0.2) is 14.2 Å². The van der Waals surface area contributed by atoms with Gasteiger partial charge in [-0.3, -0.25) is 9.56 Å². The number of halogens is 2. The van der Waals surface area contributed by atoms with Crippen LogP contribution in [0.5, 0.6) is 0 Å². The summed E-state index contributed by atoms with van der Waals surface area (Å²) < 4.78 is 15.8. The number of benzene rings is 2. The first-order chi connectivity index (χ1) is 13.0. The second kappa shape index (κ2) is 6.34. The van der Waals surface area contributed by atoms with Crippen LogP contribution in [-0.2, 0) is 6.54 Å². The Hall–Kier alpha value is -3.50. The SMILES string of the molecule is N#Cc1c(C(=O)O)nc2n1-c1ccc(Cl)cc1C(c1ccccc1F)=NC2. The summed E-state index contributed by atoms with van der Waals surface area (Å²) in [5.74, 6) is -1.48. The molecule has 27 heavy (non-hydrogen) atoms. The zero-order valence-corrected chi connectivity index (χ0v) is 14.4. The number of hydrogen-bond donors (Lipinski definition) is 1. The Morgan fingerprint density at radius 2 is 2.04 bits per heavy atom. The predicted molar refractivity (Wildman–Crippen MR) is 96.0 cm³/mol. The van der Waals surface area contributed by atoms with Crippen LogP contribution in [0.3, 0.4) is 0 Å². The summed E-state index contributed by atoms with van der Waals surface area (Å²) in [7, 11) is 0. The monoisotopic (exact) mass is 380 g/mol. The number of aromatic nitrogens is 2. The predicted octanol–water partition coefficient (Wildman–Crippen LogP) is 3.59. The van der Waals surface area contributed by atoms with Gasteiger partial charge in [0.05, 0.1) is 17.9 Å². The Bertz CT molecular complexity index is 1180. The van der Waals surface area contributed by atoms with Crippen LogP contribution in [0.1, 0.15) is 33.1 Å². The van der Waals surface area contributed by atoms with Crippen LogP contribution in [0.2, 0.25) is 5.02 Å². The average Bonchev–Trinajstić information content (AvgIpc) is 2.95. The molecule has 0 aliphatic carbocycles. The van der Waals surface area contributed by atoms with Crippen molar-refractivity contribution in [2.24, 2.45) is 4.99 Å². The van der Waals surface area contributed by atoms with E-state index in [1.165, 1.54) is 10.6 Å². The van der Waals surface area contributed by atoms with E-state index < -0.39 is 11.8 Å². The number of carboxylic acid groups (broad SMARTS) is 1. The minimum absolute atomic E-state index is 0.0159. The molecule has 1 aromatic heterocycles. The number of aliphatic imine (C=N–C) groups is 1. The summed E-state index contributed by atoms with van der Waals surface area (Å²) >= 11 is 6.15. The number of aromatic carboxylic acids is 1. The third-order valence-corrected chi connectivity index (χ3v) is 4.45. The quantitative estimate of drug-likeness (QED) is 0.735. The van der Waals surface area contributed by atoms with E-state index in [4.69, 9.17) is 11.6 Å². The third-order valence-electron chi connectivity index (χ3n) is 4.22. The number of rotatable bonds is 2. The lowest BCUT2D eigenvalue weighted by Gasteiger charge is -2.13. The van der Waals surface area contributed by atoms with Gasteiger partial charge in [0.2, 0.25) is 0 Å². The molecular formula is C19H10ClFN4O2. The molecule has 0 amide bonds. The summed E-state index contributed by atoms with van der Waals surface area (Å²) in [4.78, 5) is 20.0. The van der Waals surface area contributed by atoms with Crippen molar-refractivity contribution in [3.8, 4) is 11.8 Å². The first kappa shape index (κ1) is 16.9. The van der Waals surface area contributed by atoms with Crippen LogP contribution in [0, 0.1) is 17.1 Å². The molecule has 0 fully saturated rings. The van der Waals surface area contributed by atoms with E-state index >= 15 is 0 Å². The molecule has 4 rings (SSSR count). The molecule has 0 atom stereocenters. The molecule has 3 aromatic rings. The van der Waals surface area contributed by atoms with E-state index in [1.54, 1.807) is 36.4 Å². The van der Waals surface area contributed by atoms with Crippen LogP contribution in [0.15, 0.2) is 47.5 Å². The third kappa shape index (κ3) is 2.67. The van der Waals surface area contributed by atoms with E-state index in [0.717, 1.165) is 0 Å². The molecule has 0 bridgehead atoms. The van der Waals surface area contributed by atoms with Gasteiger partial charge >= 0.3 is 5.97 Å². The van der Waals surface area contributed by atoms with Gasteiger partial charge in [0.25, 0.3) is 0 Å². The summed E-state index contributed by atoms with van der Waals surface area (Å²) in [6.45, 7) is -0.0159. The molecule has 2 aromatic carbocycles. The van der Waals surface area contributed by atoms with E-state index in [1.807, 2.05) is 6.07 Å². The molecule has 1 N–H and O–H groups in total. The van der Waals surface area contributed by atoms with E-state index in [-0.39, 0.29) is 29.3 Å². The van der Waals surface area contributed by atoms with Gasteiger partial charge in [-0.05, 0) is 30.3 Å². The van der Waals surface area contributed by atoms with Crippen LogP contribution in [-0.4, -0.2) is 26.3 Å². The smallest absolute Gasteiger partial charge is 0.357 e. The first-order valence-corrected chi connectivity index (χ1v) is 8.23. The van der Waals surface area contributed by atoms with Gasteiger partial charge in [-0.2, -0.15) is 5.26 Å². The highest BCUT2D eigenvalue weighted by atomic mass is 35.5. The molecule has 2 heterocycles. The van der Waals surface area contributed by atoms with Crippen molar-refractivity contribution in [1.82, 2.24) is 9.55 Å². The molecule has 1 aliphatic heterocycles. The Labute approximate surface area is 157 Å². The molecule has 0 radical (unpaired) electrons. The lowest BCUT2D eigenvalue weighted by atomic mass is 10.00. The number of carbonyl (C=O) groups is 1. The van der Waals surface area contributed by atoms with Crippen LogP contribution < -0.4 is 0 Å². The van der Waals surface area contributed by atoms with Gasteiger partial charge < -0.3 is 5.11 Å². The van der Waals surface area contributed by atoms with Crippen molar-refractivity contribution in [1.29, 1.82) is 5.26 Å². The fourth-order valence-corrected chi connectivity index (χ4v) is 3.27. The number of carboxylic acids is 1. The second-order valence-electron chi connectivity index (χ2n) is 5.78. The molecular weight excluding hydrogens is 371 g/mol. The fourth-order valence-electron chi connectivity index (χ4n) is 3.10. The highest BCUT2D eigenvalue weighted by molar-refractivity contribution is 6.31. The highest BCUT2D eigenvalue weighted by Gasteiger charge is 2.28. The maximum atomic E-state index is 14.4. The molecule has 0 saturated heterocycles. The minimum atomic E-state index is -1.30. The van der Waals surface area contributed by atoms with Crippen molar-refractivity contribution in [2.75, 3.05) is 0 Å². The van der Waals surface area contributed by atoms with Crippen LogP contribution in [0.4, 0.5) is 4.39 Å². The number of hydrogen-bond acceptors (Lipinski definition) is 4. The first-order valence-electron chi connectivity index (χ1n) is 7.86. The van der Waals surface area contributed by atoms with Gasteiger partial charge in [-0.15, -0.1) is 0 Å². The number of imidazole rings is 1. The van der Waals surface area contributed by atoms with E-state index in [2.05, 4.69) is 9.98 Å². The molecule has 132 valence electrons. The Balaban J connectivity index is 2.05. The normalized spacial score (nSPS) is 12.4. The molecule has 8 heteroatoms. The lowest BCUT2D eigenvalue weighted by Crippen LogP contribution is -2.10. The topological polar surface area (TPSA) is 91.3 Å². The molecule has 6 nitrogen and oxygen atoms in total. The largest absolute Gasteiger partial charge is 0.476 e. The standard InChI is InChI=1S/C19H10ClFN4O2/c20-10-5-6-14-12(7-10)17(11-3-1-2-4-13(11)21)23-9-16-24-18(19(26)27)15(8-22)25(14)16/h1-7H,9H2,(H,26,27). The second-order valence-corrected chi connectivity index (χ2v) is 6.22. The van der Waals surface area contributed by atoms with E-state index in [0.29, 0.717) is 22.0 Å². The van der Waals surface area contributed by atoms with Crippen molar-refractivity contribution in [3.63, 3.8) is 0 Å². The zero-order chi connectivity index (χ0) is 19.1. The summed E-state index contributed by atoms with van der Waals surface area (Å²) in [5.41, 5.74) is 1.12. The van der Waals surface area contributed by atoms with Crippen molar-refractivity contribution in [2.45, 2.75) is 6.54 Å². The van der Waals surface area contributed by atoms with E-state index in [9.17, 15) is 19.6 Å². The Morgan fingerprint density at radius 3 is 2.74 bits per heavy atom. The van der Waals surface area contributed by atoms with Gasteiger partial charge in [-0.1, -0.05) is 23.7 Å². The van der Waals surface area contributed by atoms with Crippen molar-refractivity contribution < 1.29 is 14.3 Å². The zero-order valence-electron chi connectivity index (χ0n) is 13.6. The van der Waals surface area contributed by atoms with Crippen LogP contribution >= 0.6 is 11.6 Å². The lowest BCUT2D eigenvalue weighted by molar-refractivity contribution is 0.0690. The maximum Gasteiger partial charge on any atom is 0.357 e.